The topological polar surface area (TPSA) is 65.1 Å². The number of benzene rings is 2. The van der Waals surface area contributed by atoms with Gasteiger partial charge in [0, 0.05) is 29.5 Å². The molecule has 0 aliphatic carbocycles. The van der Waals surface area contributed by atoms with Crippen molar-refractivity contribution in [3.63, 3.8) is 0 Å². The van der Waals surface area contributed by atoms with Crippen LogP contribution < -0.4 is 4.74 Å². The van der Waals surface area contributed by atoms with Crippen LogP contribution in [0, 0.1) is 0 Å². The highest BCUT2D eigenvalue weighted by molar-refractivity contribution is 6.30. The molecular formula is C26H28ClNO5. The molecule has 0 atom stereocenters. The third-order valence-electron chi connectivity index (χ3n) is 5.24. The highest BCUT2D eigenvalue weighted by Gasteiger charge is 2.36. The number of nitrogens with zero attached hydrogens (tertiary/aromatic N) is 1. The summed E-state index contributed by atoms with van der Waals surface area (Å²) in [7, 11) is 2.65. The second-order valence-corrected chi connectivity index (χ2v) is 8.34. The van der Waals surface area contributed by atoms with E-state index in [1.54, 1.807) is 12.4 Å². The molecule has 174 valence electrons. The highest BCUT2D eigenvalue weighted by atomic mass is 35.5. The van der Waals surface area contributed by atoms with Crippen LogP contribution in [0.2, 0.25) is 5.02 Å². The van der Waals surface area contributed by atoms with E-state index >= 15 is 0 Å². The summed E-state index contributed by atoms with van der Waals surface area (Å²) in [4.78, 5) is 27.5. The molecule has 0 bridgehead atoms. The van der Waals surface area contributed by atoms with Crippen LogP contribution in [-0.2, 0) is 25.5 Å². The first kappa shape index (κ1) is 24.4. The maximum Gasteiger partial charge on any atom is 0.336 e. The van der Waals surface area contributed by atoms with Gasteiger partial charge in [0.15, 0.2) is 0 Å². The fraction of sp³-hybridized carbons (Fsp3) is 0.308. The van der Waals surface area contributed by atoms with Crippen LogP contribution in [0.4, 0.5) is 0 Å². The average Bonchev–Trinajstić information content (AvgIpc) is 2.82. The summed E-state index contributed by atoms with van der Waals surface area (Å²) in [6.45, 7) is 4.38. The summed E-state index contributed by atoms with van der Waals surface area (Å²) < 4.78 is 16.1. The lowest BCUT2D eigenvalue weighted by Gasteiger charge is -2.31. The number of halogens is 1. The predicted molar refractivity (Wildman–Crippen MR) is 127 cm³/mol. The molecule has 7 heteroatoms. The Morgan fingerprint density at radius 1 is 0.939 bits per heavy atom. The third kappa shape index (κ3) is 5.96. The minimum absolute atomic E-state index is 0.0817. The molecule has 0 radical (unpaired) electrons. The highest BCUT2D eigenvalue weighted by Crippen LogP contribution is 2.41. The molecule has 6 nitrogen and oxygen atoms in total. The Labute approximate surface area is 199 Å². The Kier molecular flexibility index (Phi) is 8.17. The van der Waals surface area contributed by atoms with Crippen LogP contribution in [0.1, 0.15) is 30.9 Å². The minimum Gasteiger partial charge on any atom is -0.491 e. The van der Waals surface area contributed by atoms with E-state index in [1.807, 2.05) is 67.3 Å². The van der Waals surface area contributed by atoms with Crippen LogP contribution in [0.25, 0.3) is 0 Å². The Hall–Kier alpha value is -3.25. The lowest BCUT2D eigenvalue weighted by molar-refractivity contribution is -0.137. The van der Waals surface area contributed by atoms with E-state index < -0.39 is 17.9 Å². The van der Waals surface area contributed by atoms with Gasteiger partial charge in [-0.2, -0.15) is 0 Å². The Morgan fingerprint density at radius 2 is 1.52 bits per heavy atom. The molecule has 3 rings (SSSR count). The van der Waals surface area contributed by atoms with Crippen molar-refractivity contribution >= 4 is 23.5 Å². The van der Waals surface area contributed by atoms with Gasteiger partial charge in [0.05, 0.1) is 37.4 Å². The molecule has 1 aliphatic heterocycles. The predicted octanol–water partition coefficient (Wildman–Crippen LogP) is 4.88. The van der Waals surface area contributed by atoms with E-state index in [-0.39, 0.29) is 6.10 Å². The summed E-state index contributed by atoms with van der Waals surface area (Å²) in [6, 6.07) is 14.9. The van der Waals surface area contributed by atoms with Gasteiger partial charge in [0.25, 0.3) is 0 Å². The van der Waals surface area contributed by atoms with Gasteiger partial charge >= 0.3 is 11.9 Å². The number of ether oxygens (including phenoxy) is 3. The molecule has 0 fully saturated rings. The normalized spacial score (nSPS) is 13.9. The number of hydrogen-bond acceptors (Lipinski definition) is 6. The van der Waals surface area contributed by atoms with Crippen molar-refractivity contribution in [1.82, 2.24) is 4.90 Å². The number of methoxy groups -OCH3 is 2. The average molecular weight is 470 g/mol. The first-order chi connectivity index (χ1) is 15.8. The van der Waals surface area contributed by atoms with E-state index in [9.17, 15) is 9.59 Å². The van der Waals surface area contributed by atoms with Crippen LogP contribution in [-0.4, -0.2) is 43.7 Å². The van der Waals surface area contributed by atoms with E-state index in [2.05, 4.69) is 0 Å². The summed E-state index contributed by atoms with van der Waals surface area (Å²) >= 11 is 5.98. The number of rotatable bonds is 8. The van der Waals surface area contributed by atoms with Crippen molar-refractivity contribution in [2.75, 3.05) is 20.8 Å². The number of para-hydroxylation sites is 1. The van der Waals surface area contributed by atoms with Crippen molar-refractivity contribution < 1.29 is 23.8 Å². The van der Waals surface area contributed by atoms with Gasteiger partial charge in [0.1, 0.15) is 5.75 Å². The SMILES string of the molecule is COC(=O)C1=CN(CCc2ccc(Cl)cc2)C=C(C(=O)OC)C1c1ccccc1OC(C)C. The first-order valence-electron chi connectivity index (χ1n) is 10.7. The fourth-order valence-corrected chi connectivity index (χ4v) is 3.87. The van der Waals surface area contributed by atoms with Gasteiger partial charge in [0.2, 0.25) is 0 Å². The van der Waals surface area contributed by atoms with Crippen molar-refractivity contribution in [1.29, 1.82) is 0 Å². The summed E-state index contributed by atoms with van der Waals surface area (Å²) in [5.41, 5.74) is 2.43. The maximum atomic E-state index is 12.8. The molecule has 0 saturated carbocycles. The molecule has 0 spiro atoms. The first-order valence-corrected chi connectivity index (χ1v) is 11.1. The maximum absolute atomic E-state index is 12.8. The van der Waals surface area contributed by atoms with Gasteiger partial charge in [-0.15, -0.1) is 0 Å². The van der Waals surface area contributed by atoms with Gasteiger partial charge in [-0.25, -0.2) is 9.59 Å². The van der Waals surface area contributed by atoms with Gasteiger partial charge in [-0.05, 0) is 44.0 Å². The van der Waals surface area contributed by atoms with Crippen LogP contribution in [0.3, 0.4) is 0 Å². The zero-order chi connectivity index (χ0) is 24.0. The van der Waals surface area contributed by atoms with E-state index in [1.165, 1.54) is 14.2 Å². The summed E-state index contributed by atoms with van der Waals surface area (Å²) in [5, 5.41) is 0.669. The minimum atomic E-state index is -0.688. The van der Waals surface area contributed by atoms with Crippen LogP contribution >= 0.6 is 11.6 Å². The second kappa shape index (κ2) is 11.1. The molecule has 1 aliphatic rings. The molecule has 33 heavy (non-hydrogen) atoms. The quantitative estimate of drug-likeness (QED) is 0.513. The largest absolute Gasteiger partial charge is 0.491 e. The third-order valence-corrected chi connectivity index (χ3v) is 5.49. The molecule has 1 heterocycles. The molecule has 2 aromatic carbocycles. The van der Waals surface area contributed by atoms with Crippen LogP contribution in [0.5, 0.6) is 5.75 Å². The summed E-state index contributed by atoms with van der Waals surface area (Å²) in [6.07, 6.45) is 4.06. The molecule has 2 aromatic rings. The molecule has 0 N–H and O–H groups in total. The van der Waals surface area contributed by atoms with Crippen molar-refractivity contribution in [3.8, 4) is 5.75 Å². The standard InChI is InChI=1S/C26H28ClNO5/c1-17(2)33-23-8-6-5-7-20(23)24-21(25(29)31-3)15-28(16-22(24)26(30)32-4)14-13-18-9-11-19(27)12-10-18/h5-12,15-17,24H,13-14H2,1-4H3. The fourth-order valence-electron chi connectivity index (χ4n) is 3.74. The van der Waals surface area contributed by atoms with Gasteiger partial charge in [-0.1, -0.05) is 41.9 Å². The smallest absolute Gasteiger partial charge is 0.336 e. The monoisotopic (exact) mass is 469 g/mol. The second-order valence-electron chi connectivity index (χ2n) is 7.90. The molecule has 0 aromatic heterocycles. The zero-order valence-electron chi connectivity index (χ0n) is 19.2. The molecule has 0 saturated heterocycles. The number of esters is 2. The lowest BCUT2D eigenvalue weighted by atomic mass is 9.82. The van der Waals surface area contributed by atoms with Crippen molar-refractivity contribution in [3.05, 3.63) is 88.2 Å². The lowest BCUT2D eigenvalue weighted by Crippen LogP contribution is -2.30. The number of hydrogen-bond donors (Lipinski definition) is 0. The summed E-state index contributed by atoms with van der Waals surface area (Å²) in [5.74, 6) is -1.14. The van der Waals surface area contributed by atoms with E-state index in [4.69, 9.17) is 25.8 Å². The Balaban J connectivity index is 2.02. The van der Waals surface area contributed by atoms with Crippen molar-refractivity contribution in [2.45, 2.75) is 32.3 Å². The zero-order valence-corrected chi connectivity index (χ0v) is 20.0. The van der Waals surface area contributed by atoms with Crippen molar-refractivity contribution in [2.24, 2.45) is 0 Å². The number of carbonyl (C=O) groups excluding carboxylic acids is 2. The Bertz CT molecular complexity index is 1020. The van der Waals surface area contributed by atoms with Crippen LogP contribution in [0.15, 0.2) is 72.1 Å². The van der Waals surface area contributed by atoms with E-state index in [0.717, 1.165) is 5.56 Å². The molecule has 0 amide bonds. The van der Waals surface area contributed by atoms with Gasteiger partial charge in [-0.3, -0.25) is 0 Å². The molecular weight excluding hydrogens is 442 g/mol. The van der Waals surface area contributed by atoms with E-state index in [0.29, 0.717) is 40.4 Å². The molecule has 0 unspecified atom stereocenters. The van der Waals surface area contributed by atoms with Gasteiger partial charge < -0.3 is 19.1 Å². The number of carbonyl (C=O) groups is 2. The Morgan fingerprint density at radius 3 is 2.06 bits per heavy atom.